The third-order valence-electron chi connectivity index (χ3n) is 4.95. The zero-order valence-corrected chi connectivity index (χ0v) is 18.4. The van der Waals surface area contributed by atoms with Crippen molar-refractivity contribution in [1.29, 1.82) is 0 Å². The Kier molecular flexibility index (Phi) is 8.95. The average molecular weight is 420 g/mol. The van der Waals surface area contributed by atoms with Crippen molar-refractivity contribution in [3.8, 4) is 11.5 Å². The number of hydrogen-bond acceptors (Lipinski definition) is 5. The summed E-state index contributed by atoms with van der Waals surface area (Å²) in [5.74, 6) is 1.02. The summed E-state index contributed by atoms with van der Waals surface area (Å²) in [6.45, 7) is 8.90. The van der Waals surface area contributed by atoms with Crippen LogP contribution >= 0.6 is 0 Å². The Labute approximate surface area is 176 Å². The van der Waals surface area contributed by atoms with E-state index in [1.807, 2.05) is 27.7 Å². The molecule has 0 aliphatic heterocycles. The van der Waals surface area contributed by atoms with Crippen LogP contribution in [0.2, 0.25) is 0 Å². The van der Waals surface area contributed by atoms with Crippen LogP contribution in [0.25, 0.3) is 10.9 Å². The zero-order chi connectivity index (χ0) is 22.1. The lowest BCUT2D eigenvalue weighted by molar-refractivity contribution is -0.121. The zero-order valence-electron chi connectivity index (χ0n) is 18.4. The molecule has 30 heavy (non-hydrogen) atoms. The predicted octanol–water partition coefficient (Wildman–Crippen LogP) is 2.96. The first-order valence-electron chi connectivity index (χ1n) is 10.8. The van der Waals surface area contributed by atoms with Crippen molar-refractivity contribution < 1.29 is 14.3 Å². The Hall–Kier alpha value is -2.77. The summed E-state index contributed by atoms with van der Waals surface area (Å²) in [7, 11) is 0. The average Bonchev–Trinajstić information content (AvgIpc) is 2.71. The second-order valence-electron chi connectivity index (χ2n) is 7.28. The van der Waals surface area contributed by atoms with Gasteiger partial charge in [0.2, 0.25) is 5.91 Å². The van der Waals surface area contributed by atoms with Gasteiger partial charge < -0.3 is 19.8 Å². The minimum atomic E-state index is -0.450. The Morgan fingerprint density at radius 1 is 1.07 bits per heavy atom. The lowest BCUT2D eigenvalue weighted by Gasteiger charge is -2.13. The molecule has 8 nitrogen and oxygen atoms in total. The van der Waals surface area contributed by atoms with Crippen LogP contribution < -0.4 is 26.0 Å². The molecule has 0 unspecified atom stereocenters. The van der Waals surface area contributed by atoms with E-state index in [9.17, 15) is 14.4 Å². The second kappa shape index (κ2) is 11.4. The molecule has 0 saturated carbocycles. The summed E-state index contributed by atoms with van der Waals surface area (Å²) in [6, 6.07) is 3.43. The molecule has 0 radical (unpaired) electrons. The van der Waals surface area contributed by atoms with Gasteiger partial charge in [-0.3, -0.25) is 14.2 Å². The Balaban J connectivity index is 2.09. The van der Waals surface area contributed by atoms with Crippen LogP contribution in [-0.2, 0) is 11.3 Å². The van der Waals surface area contributed by atoms with Gasteiger partial charge in [-0.15, -0.1) is 0 Å². The lowest BCUT2D eigenvalue weighted by Crippen LogP contribution is -2.35. The fraction of sp³-hybridized carbons (Fsp3) is 0.591. The van der Waals surface area contributed by atoms with E-state index >= 15 is 0 Å². The number of hydrogen-bond donors (Lipinski definition) is 2. The minimum Gasteiger partial charge on any atom is -0.490 e. The van der Waals surface area contributed by atoms with E-state index in [-0.39, 0.29) is 17.5 Å². The smallest absolute Gasteiger partial charge is 0.328 e. The van der Waals surface area contributed by atoms with Gasteiger partial charge in [0.25, 0.3) is 5.56 Å². The molecule has 8 heteroatoms. The molecule has 0 spiro atoms. The van der Waals surface area contributed by atoms with Gasteiger partial charge >= 0.3 is 5.69 Å². The maximum absolute atomic E-state index is 12.9. The molecule has 2 N–H and O–H groups in total. The SMILES string of the molecule is CCOc1cc2[nH]c(=O)n(CCCCCC(=O)N[C@H](C)CC)c(=O)c2cc1OCC. The molecular weight excluding hydrogens is 386 g/mol. The van der Waals surface area contributed by atoms with Crippen molar-refractivity contribution in [1.82, 2.24) is 14.9 Å². The molecule has 0 aliphatic carbocycles. The maximum Gasteiger partial charge on any atom is 0.328 e. The number of carbonyl (C=O) groups excluding carboxylic acids is 1. The highest BCUT2D eigenvalue weighted by Gasteiger charge is 2.13. The van der Waals surface area contributed by atoms with E-state index < -0.39 is 5.69 Å². The van der Waals surface area contributed by atoms with Crippen molar-refractivity contribution in [3.63, 3.8) is 0 Å². The number of aromatic amines is 1. The first kappa shape index (κ1) is 23.5. The second-order valence-corrected chi connectivity index (χ2v) is 7.28. The Bertz CT molecular complexity index is 964. The van der Waals surface area contributed by atoms with Crippen LogP contribution in [0.3, 0.4) is 0 Å². The van der Waals surface area contributed by atoms with E-state index in [1.54, 1.807) is 12.1 Å². The first-order valence-corrected chi connectivity index (χ1v) is 10.8. The van der Waals surface area contributed by atoms with E-state index in [0.717, 1.165) is 12.8 Å². The molecular formula is C22H33N3O5. The monoisotopic (exact) mass is 419 g/mol. The molecule has 2 rings (SSSR count). The van der Waals surface area contributed by atoms with Gasteiger partial charge in [-0.1, -0.05) is 13.3 Å². The third kappa shape index (κ3) is 6.11. The maximum atomic E-state index is 12.9. The lowest BCUT2D eigenvalue weighted by atomic mass is 10.1. The van der Waals surface area contributed by atoms with Gasteiger partial charge in [0, 0.05) is 25.1 Å². The summed E-state index contributed by atoms with van der Waals surface area (Å²) in [6.07, 6.45) is 3.46. The van der Waals surface area contributed by atoms with Crippen LogP contribution in [0.1, 0.15) is 59.8 Å². The van der Waals surface area contributed by atoms with Crippen molar-refractivity contribution >= 4 is 16.8 Å². The highest BCUT2D eigenvalue weighted by Crippen LogP contribution is 2.30. The molecule has 166 valence electrons. The fourth-order valence-corrected chi connectivity index (χ4v) is 3.18. The summed E-state index contributed by atoms with van der Waals surface area (Å²) in [4.78, 5) is 39.9. The molecule has 2 aromatic rings. The van der Waals surface area contributed by atoms with Gasteiger partial charge in [0.15, 0.2) is 11.5 Å². The van der Waals surface area contributed by atoms with Crippen LogP contribution in [0.15, 0.2) is 21.7 Å². The number of benzene rings is 1. The third-order valence-corrected chi connectivity index (χ3v) is 4.95. The summed E-state index contributed by atoms with van der Waals surface area (Å²) in [5.41, 5.74) is -0.379. The number of unbranched alkanes of at least 4 members (excludes halogenated alkanes) is 2. The normalized spacial score (nSPS) is 12.0. The number of carbonyl (C=O) groups is 1. The van der Waals surface area contributed by atoms with Crippen LogP contribution in [-0.4, -0.2) is 34.7 Å². The van der Waals surface area contributed by atoms with Gasteiger partial charge in [-0.2, -0.15) is 0 Å². The topological polar surface area (TPSA) is 102 Å². The number of fused-ring (bicyclic) bond motifs is 1. The minimum absolute atomic E-state index is 0.0404. The van der Waals surface area contributed by atoms with Crippen LogP contribution in [0.5, 0.6) is 11.5 Å². The number of ether oxygens (including phenoxy) is 2. The molecule has 1 aromatic carbocycles. The number of aromatic nitrogens is 2. The highest BCUT2D eigenvalue weighted by molar-refractivity contribution is 5.81. The summed E-state index contributed by atoms with van der Waals surface area (Å²) in [5, 5.41) is 3.32. The standard InChI is InChI=1S/C22H33N3O5/c1-5-15(4)23-20(26)11-9-8-10-12-25-21(27)16-13-18(29-6-2)19(30-7-3)14-17(16)24-22(25)28/h13-15H,5-12H2,1-4H3,(H,23,26)(H,24,28)/t15-/m1/s1. The van der Waals surface area contributed by atoms with Crippen LogP contribution in [0.4, 0.5) is 0 Å². The first-order chi connectivity index (χ1) is 14.4. The quantitative estimate of drug-likeness (QED) is 0.515. The van der Waals surface area contributed by atoms with E-state index in [2.05, 4.69) is 10.3 Å². The molecule has 1 atom stereocenters. The molecule has 0 bridgehead atoms. The van der Waals surface area contributed by atoms with Crippen molar-refractivity contribution in [2.45, 2.75) is 72.4 Å². The number of nitrogens with zero attached hydrogens (tertiary/aromatic N) is 1. The summed E-state index contributed by atoms with van der Waals surface area (Å²) < 4.78 is 12.4. The van der Waals surface area contributed by atoms with Crippen molar-refractivity contribution in [2.24, 2.45) is 0 Å². The molecule has 0 saturated heterocycles. The molecule has 1 aromatic heterocycles. The number of nitrogens with one attached hydrogen (secondary N) is 2. The van der Waals surface area contributed by atoms with Gasteiger partial charge in [-0.05, 0) is 46.1 Å². The fourth-order valence-electron chi connectivity index (χ4n) is 3.18. The number of H-pyrrole nitrogens is 1. The predicted molar refractivity (Wildman–Crippen MR) is 118 cm³/mol. The van der Waals surface area contributed by atoms with Crippen molar-refractivity contribution in [2.75, 3.05) is 13.2 Å². The Morgan fingerprint density at radius 2 is 1.73 bits per heavy atom. The largest absolute Gasteiger partial charge is 0.490 e. The van der Waals surface area contributed by atoms with E-state index in [4.69, 9.17) is 9.47 Å². The van der Waals surface area contributed by atoms with Crippen molar-refractivity contribution in [3.05, 3.63) is 33.0 Å². The highest BCUT2D eigenvalue weighted by atomic mass is 16.5. The molecule has 0 aliphatic rings. The number of rotatable bonds is 12. The molecule has 1 amide bonds. The van der Waals surface area contributed by atoms with Gasteiger partial charge in [0.1, 0.15) is 0 Å². The van der Waals surface area contributed by atoms with E-state index in [0.29, 0.717) is 61.4 Å². The van der Waals surface area contributed by atoms with Gasteiger partial charge in [0.05, 0.1) is 24.1 Å². The Morgan fingerprint density at radius 3 is 2.37 bits per heavy atom. The molecule has 0 fully saturated rings. The van der Waals surface area contributed by atoms with E-state index in [1.165, 1.54) is 4.57 Å². The molecule has 1 heterocycles. The van der Waals surface area contributed by atoms with Crippen LogP contribution in [0, 0.1) is 0 Å². The summed E-state index contributed by atoms with van der Waals surface area (Å²) >= 11 is 0. The number of amides is 1. The van der Waals surface area contributed by atoms with Gasteiger partial charge in [-0.25, -0.2) is 4.79 Å².